The van der Waals surface area contributed by atoms with Crippen LogP contribution in [0.3, 0.4) is 0 Å². The van der Waals surface area contributed by atoms with Crippen molar-refractivity contribution >= 4 is 23.2 Å². The fraction of sp³-hybridized carbons (Fsp3) is 0.583. The standard InChI is InChI=1S/C12H18N2O4S/c1-11(2,3)8-7(19-6-14-8)9(15)13-5-12(4,18)10(16)17/h6,18H,5H2,1-4H3,(H,13,15)(H,16,17). The second kappa shape index (κ2) is 5.26. The second-order valence-corrected chi connectivity index (χ2v) is 6.40. The first kappa shape index (κ1) is 15.6. The number of nitrogens with one attached hydrogen (secondary N) is 1. The Morgan fingerprint density at radius 2 is 1.95 bits per heavy atom. The highest BCUT2D eigenvalue weighted by molar-refractivity contribution is 7.11. The third-order valence-electron chi connectivity index (χ3n) is 2.54. The van der Waals surface area contributed by atoms with E-state index in [1.807, 2.05) is 20.8 Å². The molecule has 0 aliphatic rings. The van der Waals surface area contributed by atoms with E-state index in [-0.39, 0.29) is 12.0 Å². The van der Waals surface area contributed by atoms with E-state index in [2.05, 4.69) is 10.3 Å². The summed E-state index contributed by atoms with van der Waals surface area (Å²) in [6.07, 6.45) is 0. The first-order valence-electron chi connectivity index (χ1n) is 5.73. The van der Waals surface area contributed by atoms with Crippen LogP contribution in [0.5, 0.6) is 0 Å². The van der Waals surface area contributed by atoms with Gasteiger partial charge in [-0.05, 0) is 6.92 Å². The van der Waals surface area contributed by atoms with Gasteiger partial charge in [-0.2, -0.15) is 0 Å². The van der Waals surface area contributed by atoms with Gasteiger partial charge in [-0.1, -0.05) is 20.8 Å². The zero-order valence-electron chi connectivity index (χ0n) is 11.4. The molecule has 0 aliphatic carbocycles. The predicted octanol–water partition coefficient (Wildman–Crippen LogP) is 1.01. The lowest BCUT2D eigenvalue weighted by Gasteiger charge is -2.20. The Labute approximate surface area is 115 Å². The number of aromatic nitrogens is 1. The van der Waals surface area contributed by atoms with Crippen LogP contribution in [0, 0.1) is 0 Å². The maximum atomic E-state index is 12.0. The quantitative estimate of drug-likeness (QED) is 0.767. The Kier molecular flexibility index (Phi) is 4.32. The molecule has 0 aliphatic heterocycles. The highest BCUT2D eigenvalue weighted by atomic mass is 32.1. The number of carboxylic acids is 1. The molecule has 7 heteroatoms. The van der Waals surface area contributed by atoms with Crippen LogP contribution in [0.2, 0.25) is 0 Å². The molecule has 0 saturated heterocycles. The lowest BCUT2D eigenvalue weighted by molar-refractivity contribution is -0.155. The molecule has 0 spiro atoms. The molecule has 6 nitrogen and oxygen atoms in total. The van der Waals surface area contributed by atoms with Crippen LogP contribution in [0.15, 0.2) is 5.51 Å². The van der Waals surface area contributed by atoms with Gasteiger partial charge in [0.25, 0.3) is 5.91 Å². The number of hydrogen-bond donors (Lipinski definition) is 3. The van der Waals surface area contributed by atoms with Crippen molar-refractivity contribution in [2.45, 2.75) is 38.7 Å². The summed E-state index contributed by atoms with van der Waals surface area (Å²) in [5, 5.41) is 20.7. The molecular formula is C12H18N2O4S. The summed E-state index contributed by atoms with van der Waals surface area (Å²) in [7, 11) is 0. The molecule has 0 radical (unpaired) electrons. The van der Waals surface area contributed by atoms with Gasteiger partial charge in [-0.15, -0.1) is 11.3 Å². The Bertz CT molecular complexity index is 488. The number of aliphatic hydroxyl groups is 1. The Balaban J connectivity index is 2.81. The van der Waals surface area contributed by atoms with Gasteiger partial charge in [0.15, 0.2) is 5.60 Å². The molecule has 1 unspecified atom stereocenters. The average Bonchev–Trinajstić information content (AvgIpc) is 2.74. The normalized spacial score (nSPS) is 14.8. The molecule has 1 amide bonds. The number of carbonyl (C=O) groups is 2. The lowest BCUT2D eigenvalue weighted by Crippen LogP contribution is -2.46. The minimum atomic E-state index is -1.98. The summed E-state index contributed by atoms with van der Waals surface area (Å²) >= 11 is 1.19. The third kappa shape index (κ3) is 3.74. The minimum absolute atomic E-state index is 0.276. The number of carbonyl (C=O) groups excluding carboxylic acids is 1. The number of amides is 1. The molecule has 0 saturated carbocycles. The third-order valence-corrected chi connectivity index (χ3v) is 3.36. The second-order valence-electron chi connectivity index (χ2n) is 5.54. The topological polar surface area (TPSA) is 99.5 Å². The number of thiazole rings is 1. The molecule has 1 aromatic heterocycles. The van der Waals surface area contributed by atoms with E-state index in [9.17, 15) is 14.7 Å². The van der Waals surface area contributed by atoms with E-state index >= 15 is 0 Å². The average molecular weight is 286 g/mol. The fourth-order valence-electron chi connectivity index (χ4n) is 1.35. The number of nitrogens with zero attached hydrogens (tertiary/aromatic N) is 1. The van der Waals surface area contributed by atoms with Crippen LogP contribution in [-0.2, 0) is 10.2 Å². The van der Waals surface area contributed by atoms with E-state index in [0.29, 0.717) is 10.6 Å². The van der Waals surface area contributed by atoms with Crippen molar-refractivity contribution in [3.63, 3.8) is 0 Å². The zero-order chi connectivity index (χ0) is 14.8. The molecular weight excluding hydrogens is 268 g/mol. The van der Waals surface area contributed by atoms with Gasteiger partial charge in [0.2, 0.25) is 0 Å². The van der Waals surface area contributed by atoms with Gasteiger partial charge in [0.05, 0.1) is 17.7 Å². The summed E-state index contributed by atoms with van der Waals surface area (Å²) in [6.45, 7) is 6.58. The van der Waals surface area contributed by atoms with E-state index in [4.69, 9.17) is 5.11 Å². The van der Waals surface area contributed by atoms with Crippen LogP contribution < -0.4 is 5.32 Å². The monoisotopic (exact) mass is 286 g/mol. The fourth-order valence-corrected chi connectivity index (χ4v) is 2.26. The van der Waals surface area contributed by atoms with Gasteiger partial charge < -0.3 is 15.5 Å². The highest BCUT2D eigenvalue weighted by Gasteiger charge is 2.31. The van der Waals surface area contributed by atoms with Crippen LogP contribution >= 0.6 is 11.3 Å². The largest absolute Gasteiger partial charge is 0.479 e. The minimum Gasteiger partial charge on any atom is -0.479 e. The number of carboxylic acid groups (broad SMARTS) is 1. The molecule has 1 atom stereocenters. The molecule has 1 rings (SSSR count). The maximum Gasteiger partial charge on any atom is 0.337 e. The van der Waals surface area contributed by atoms with Crippen LogP contribution in [-0.4, -0.2) is 39.2 Å². The van der Waals surface area contributed by atoms with Crippen LogP contribution in [0.1, 0.15) is 43.1 Å². The van der Waals surface area contributed by atoms with Crippen molar-refractivity contribution in [3.8, 4) is 0 Å². The van der Waals surface area contributed by atoms with Crippen molar-refractivity contribution in [1.82, 2.24) is 10.3 Å². The Morgan fingerprint density at radius 3 is 2.42 bits per heavy atom. The van der Waals surface area contributed by atoms with E-state index < -0.39 is 17.5 Å². The van der Waals surface area contributed by atoms with E-state index in [1.54, 1.807) is 5.51 Å². The van der Waals surface area contributed by atoms with Crippen LogP contribution in [0.25, 0.3) is 0 Å². The van der Waals surface area contributed by atoms with Crippen molar-refractivity contribution in [2.75, 3.05) is 6.54 Å². The highest BCUT2D eigenvalue weighted by Crippen LogP contribution is 2.26. The molecule has 0 bridgehead atoms. The summed E-state index contributed by atoms with van der Waals surface area (Å²) < 4.78 is 0. The van der Waals surface area contributed by atoms with Crippen molar-refractivity contribution < 1.29 is 19.8 Å². The number of hydrogen-bond acceptors (Lipinski definition) is 5. The van der Waals surface area contributed by atoms with Crippen molar-refractivity contribution in [2.24, 2.45) is 0 Å². The maximum absolute atomic E-state index is 12.0. The lowest BCUT2D eigenvalue weighted by atomic mass is 9.91. The van der Waals surface area contributed by atoms with Crippen LogP contribution in [0.4, 0.5) is 0 Å². The van der Waals surface area contributed by atoms with Crippen molar-refractivity contribution in [3.05, 3.63) is 16.1 Å². The van der Waals surface area contributed by atoms with Gasteiger partial charge >= 0.3 is 5.97 Å². The molecule has 19 heavy (non-hydrogen) atoms. The Hall–Kier alpha value is -1.47. The molecule has 106 valence electrons. The summed E-state index contributed by atoms with van der Waals surface area (Å²) in [4.78, 5) is 27.3. The van der Waals surface area contributed by atoms with Gasteiger partial charge in [0, 0.05) is 5.41 Å². The van der Waals surface area contributed by atoms with Gasteiger partial charge in [0.1, 0.15) is 4.88 Å². The molecule has 1 heterocycles. The smallest absolute Gasteiger partial charge is 0.337 e. The van der Waals surface area contributed by atoms with Gasteiger partial charge in [-0.25, -0.2) is 9.78 Å². The van der Waals surface area contributed by atoms with E-state index in [0.717, 1.165) is 6.92 Å². The van der Waals surface area contributed by atoms with Gasteiger partial charge in [-0.3, -0.25) is 4.79 Å². The summed E-state index contributed by atoms with van der Waals surface area (Å²) in [6, 6.07) is 0. The number of rotatable bonds is 4. The first-order valence-corrected chi connectivity index (χ1v) is 6.61. The van der Waals surface area contributed by atoms with Crippen molar-refractivity contribution in [1.29, 1.82) is 0 Å². The first-order chi connectivity index (χ1) is 8.55. The zero-order valence-corrected chi connectivity index (χ0v) is 12.2. The summed E-state index contributed by atoms with van der Waals surface area (Å²) in [5.74, 6) is -1.80. The number of aliphatic carboxylic acids is 1. The molecule has 1 aromatic rings. The SMILES string of the molecule is CC(O)(CNC(=O)c1scnc1C(C)(C)C)C(=O)O. The predicted molar refractivity (Wildman–Crippen MR) is 71.4 cm³/mol. The van der Waals surface area contributed by atoms with E-state index in [1.165, 1.54) is 11.3 Å². The Morgan fingerprint density at radius 1 is 1.37 bits per heavy atom. The molecule has 0 fully saturated rings. The molecule has 0 aromatic carbocycles. The summed E-state index contributed by atoms with van der Waals surface area (Å²) in [5.41, 5.74) is -0.0281. The molecule has 3 N–H and O–H groups in total.